The van der Waals surface area contributed by atoms with Gasteiger partial charge in [0.05, 0.1) is 35.9 Å². The molecule has 16 nitrogen and oxygen atoms in total. The van der Waals surface area contributed by atoms with E-state index >= 15 is 4.39 Å². The lowest BCUT2D eigenvalue weighted by Gasteiger charge is -2.59. The summed E-state index contributed by atoms with van der Waals surface area (Å²) < 4.78 is 34.6. The highest BCUT2D eigenvalue weighted by Crippen LogP contribution is 2.68. The number of nitrogens with zero attached hydrogens (tertiary/aromatic N) is 2. The fourth-order valence-electron chi connectivity index (χ4n) is 14.6. The summed E-state index contributed by atoms with van der Waals surface area (Å²) in [6.45, 7) is 19.6. The molecule has 2 heterocycles. The Balaban J connectivity index is 1.22. The van der Waals surface area contributed by atoms with Crippen molar-refractivity contribution in [2.24, 2.45) is 52.3 Å². The number of fused-ring (bicyclic) bond motifs is 5. The third kappa shape index (κ3) is 10.2. The van der Waals surface area contributed by atoms with Crippen LogP contribution in [0, 0.1) is 52.3 Å². The van der Waals surface area contributed by atoms with Crippen LogP contribution in [-0.4, -0.2) is 175 Å². The standard InChI is InChI=1S/C53H88FN3O13/c1-14-40-52(11,66)44(62)32(7)57(26-27(2)24-51(10,65)45(30(5)42(60)31(6)46(63)69-40)70-47-43(61)38(56(12)13)21-29(4)68-47)19-15-18-55-48(64)53(67)28(3)20-35-34-23-37(54)36-22-33(58)16-17-49(36,8)41(34)39(59)25-50(35,53)9/h16-17,27-32,34-35,38-45,47,59-62,65-67H,14-15,18-26H2,1-13H3,(H,55,64)/t27-,28-,29-,30+,31-,32-,34?,35?,38-,39+,40-,41?,42+,43?,44-,45?,47+,49+,50+,51-,52-,53+/m1/s1. The number of ether oxygens (including phenoxy) is 3. The molecule has 400 valence electrons. The molecule has 8 N–H and O–H groups in total. The predicted molar refractivity (Wildman–Crippen MR) is 259 cm³/mol. The normalized spacial score (nSPS) is 48.8. The van der Waals surface area contributed by atoms with Gasteiger partial charge in [0.2, 0.25) is 0 Å². The van der Waals surface area contributed by atoms with Gasteiger partial charge in [-0.3, -0.25) is 19.3 Å². The molecular weight excluding hydrogens is 906 g/mol. The van der Waals surface area contributed by atoms with Crippen LogP contribution in [0.4, 0.5) is 4.39 Å². The van der Waals surface area contributed by atoms with Crippen LogP contribution >= 0.6 is 0 Å². The zero-order valence-corrected chi connectivity index (χ0v) is 44.1. The number of amides is 1. The maximum Gasteiger partial charge on any atom is 0.311 e. The lowest BCUT2D eigenvalue weighted by molar-refractivity contribution is -0.299. The highest BCUT2D eigenvalue weighted by molar-refractivity contribution is 5.93. The number of carbonyl (C=O) groups is 3. The molecular formula is C53H88FN3O13. The lowest BCUT2D eigenvalue weighted by Crippen LogP contribution is -2.64. The minimum absolute atomic E-state index is 0.0271. The number of esters is 1. The van der Waals surface area contributed by atoms with Gasteiger partial charge in [-0.05, 0) is 123 Å². The number of hydrogen-bond donors (Lipinski definition) is 8. The van der Waals surface area contributed by atoms with Gasteiger partial charge < -0.3 is 60.2 Å². The van der Waals surface area contributed by atoms with Gasteiger partial charge in [-0.2, -0.15) is 0 Å². The molecule has 0 aromatic heterocycles. The van der Waals surface area contributed by atoms with E-state index in [1.165, 1.54) is 19.9 Å². The average Bonchev–Trinajstić information content (AvgIpc) is 3.48. The predicted octanol–water partition coefficient (Wildman–Crippen LogP) is 3.41. The Bertz CT molecular complexity index is 1970. The van der Waals surface area contributed by atoms with Crippen molar-refractivity contribution in [3.63, 3.8) is 0 Å². The molecule has 0 aromatic carbocycles. The summed E-state index contributed by atoms with van der Waals surface area (Å²) in [4.78, 5) is 44.5. The molecule has 4 aliphatic carbocycles. The number of hydrogen-bond acceptors (Lipinski definition) is 15. The van der Waals surface area contributed by atoms with Crippen molar-refractivity contribution >= 4 is 17.7 Å². The minimum Gasteiger partial charge on any atom is -0.459 e. The van der Waals surface area contributed by atoms with E-state index in [-0.39, 0.29) is 99.2 Å². The zero-order chi connectivity index (χ0) is 52.4. The number of allylic oxidation sites excluding steroid dienone is 4. The van der Waals surface area contributed by atoms with Gasteiger partial charge in [0, 0.05) is 67.2 Å². The van der Waals surface area contributed by atoms with Crippen LogP contribution in [0.2, 0.25) is 0 Å². The summed E-state index contributed by atoms with van der Waals surface area (Å²) in [5.41, 5.74) is -7.07. The summed E-state index contributed by atoms with van der Waals surface area (Å²) in [6, 6.07) is -1.09. The molecule has 2 aliphatic heterocycles. The molecule has 0 aromatic rings. The number of carbonyl (C=O) groups excluding carboxylic acids is 3. The van der Waals surface area contributed by atoms with Crippen molar-refractivity contribution in [1.82, 2.24) is 15.1 Å². The number of aliphatic hydroxyl groups is 7. The molecule has 2 saturated heterocycles. The van der Waals surface area contributed by atoms with Crippen LogP contribution in [0.25, 0.3) is 0 Å². The fourth-order valence-corrected chi connectivity index (χ4v) is 14.6. The van der Waals surface area contributed by atoms with E-state index in [9.17, 15) is 50.1 Å². The van der Waals surface area contributed by atoms with Crippen molar-refractivity contribution in [2.45, 2.75) is 205 Å². The summed E-state index contributed by atoms with van der Waals surface area (Å²) in [7, 11) is 3.70. The van der Waals surface area contributed by atoms with Crippen LogP contribution in [0.3, 0.4) is 0 Å². The van der Waals surface area contributed by atoms with E-state index in [0.29, 0.717) is 24.8 Å². The highest BCUT2D eigenvalue weighted by Gasteiger charge is 2.71. The number of likely N-dealkylation sites (N-methyl/N-ethyl adjacent to an activating group) is 1. The number of cyclic esters (lactones) is 1. The smallest absolute Gasteiger partial charge is 0.311 e. The third-order valence-corrected chi connectivity index (χ3v) is 18.6. The molecule has 4 fully saturated rings. The maximum atomic E-state index is 16.0. The van der Waals surface area contributed by atoms with Gasteiger partial charge in [0.15, 0.2) is 17.7 Å². The summed E-state index contributed by atoms with van der Waals surface area (Å²) in [6.07, 6.45) is -3.90. The molecule has 70 heavy (non-hydrogen) atoms. The topological polar surface area (TPSA) is 239 Å². The fraction of sp³-hybridized carbons (Fsp3) is 0.868. The van der Waals surface area contributed by atoms with Crippen molar-refractivity contribution in [3.8, 4) is 0 Å². The molecule has 5 unspecified atom stereocenters. The van der Waals surface area contributed by atoms with E-state index in [4.69, 9.17) is 14.2 Å². The second-order valence-corrected chi connectivity index (χ2v) is 24.0. The summed E-state index contributed by atoms with van der Waals surface area (Å²) >= 11 is 0. The molecule has 6 rings (SSSR count). The van der Waals surface area contributed by atoms with Crippen molar-refractivity contribution in [3.05, 3.63) is 23.6 Å². The molecule has 2 saturated carbocycles. The van der Waals surface area contributed by atoms with E-state index in [0.717, 1.165) is 0 Å². The number of rotatable bonds is 9. The van der Waals surface area contributed by atoms with Gasteiger partial charge >= 0.3 is 5.97 Å². The molecule has 0 spiro atoms. The van der Waals surface area contributed by atoms with Crippen LogP contribution in [0.1, 0.15) is 128 Å². The Labute approximate surface area is 415 Å². The first-order valence-corrected chi connectivity index (χ1v) is 26.1. The lowest BCUT2D eigenvalue weighted by atomic mass is 9.46. The molecule has 17 heteroatoms. The Morgan fingerprint density at radius 3 is 2.26 bits per heavy atom. The van der Waals surface area contributed by atoms with Gasteiger partial charge in [-0.1, -0.05) is 47.6 Å². The second kappa shape index (κ2) is 21.1. The summed E-state index contributed by atoms with van der Waals surface area (Å²) in [5, 5.41) is 87.3. The van der Waals surface area contributed by atoms with Crippen molar-refractivity contribution in [2.75, 3.05) is 33.7 Å². The van der Waals surface area contributed by atoms with Crippen LogP contribution in [-0.2, 0) is 28.6 Å². The van der Waals surface area contributed by atoms with Gasteiger partial charge in [0.1, 0.15) is 29.7 Å². The molecule has 0 radical (unpaired) electrons. The van der Waals surface area contributed by atoms with Crippen molar-refractivity contribution in [1.29, 1.82) is 0 Å². The number of aliphatic hydroxyl groups excluding tert-OH is 4. The van der Waals surface area contributed by atoms with Gasteiger partial charge in [-0.25, -0.2) is 4.39 Å². The first kappa shape index (κ1) is 56.9. The first-order valence-electron chi connectivity index (χ1n) is 26.1. The van der Waals surface area contributed by atoms with Crippen LogP contribution in [0.15, 0.2) is 23.6 Å². The minimum atomic E-state index is -1.96. The van der Waals surface area contributed by atoms with Crippen molar-refractivity contribution < 1.29 is 68.7 Å². The highest BCUT2D eigenvalue weighted by atomic mass is 19.1. The molecule has 22 atom stereocenters. The molecule has 0 bridgehead atoms. The second-order valence-electron chi connectivity index (χ2n) is 24.0. The largest absolute Gasteiger partial charge is 0.459 e. The van der Waals surface area contributed by atoms with Gasteiger partial charge in [0.25, 0.3) is 5.91 Å². The van der Waals surface area contributed by atoms with E-state index in [1.54, 1.807) is 33.8 Å². The molecule has 6 aliphatic rings. The van der Waals surface area contributed by atoms with E-state index in [1.807, 2.05) is 58.5 Å². The maximum absolute atomic E-state index is 16.0. The van der Waals surface area contributed by atoms with Crippen LogP contribution < -0.4 is 5.32 Å². The van der Waals surface area contributed by atoms with E-state index < -0.39 is 106 Å². The monoisotopic (exact) mass is 994 g/mol. The third-order valence-electron chi connectivity index (χ3n) is 18.6. The SMILES string of the molecule is CC[C@H]1OC(=O)[C@H](C)[C@@H](O)[C@H](C)C(O[C@@H]2O[C@H](C)C[C@@H](N(C)C)C2O)[C@](C)(O)C[C@@H](C)CN(CCCNC(=O)[C@@]2(O)[C@H](C)CC3C4CC(F)=C5CC(=O)C=C[C@]5(C)C4[C@@H](O)C[C@@]32C)[C@H](C)[C@@H](O)[C@]1(C)O. The Morgan fingerprint density at radius 1 is 0.971 bits per heavy atom. The average molecular weight is 994 g/mol. The first-order chi connectivity index (χ1) is 32.4. The molecule has 1 amide bonds. The summed E-state index contributed by atoms with van der Waals surface area (Å²) in [5.74, 6) is -5.89. The van der Waals surface area contributed by atoms with E-state index in [2.05, 4.69) is 5.32 Å². The number of ketones is 1. The van der Waals surface area contributed by atoms with Gasteiger partial charge in [-0.15, -0.1) is 0 Å². The quantitative estimate of drug-likeness (QED) is 0.122. The Kier molecular flexibility index (Phi) is 17.1. The number of nitrogens with one attached hydrogen (secondary N) is 1. The van der Waals surface area contributed by atoms with Crippen LogP contribution in [0.5, 0.6) is 0 Å². The number of halogens is 1. The zero-order valence-electron chi connectivity index (χ0n) is 44.1. The Hall–Kier alpha value is -2.42. The Morgan fingerprint density at radius 2 is 1.63 bits per heavy atom.